The van der Waals surface area contributed by atoms with Crippen molar-refractivity contribution in [2.24, 2.45) is 5.73 Å². The standard InChI is InChI=1S/C12H15FN2O.ClH/c13-10-4-1-3-9(7-10)11-5-2-6-15(11)12(16)8-14;/h1,3-4,7,11H,2,5-6,8,14H2;1H. The average molecular weight is 259 g/mol. The average Bonchev–Trinajstić information content (AvgIpc) is 2.77. The molecule has 0 spiro atoms. The molecule has 1 amide bonds. The normalized spacial score (nSPS) is 18.9. The highest BCUT2D eigenvalue weighted by atomic mass is 35.5. The largest absolute Gasteiger partial charge is 0.335 e. The second-order valence-electron chi connectivity index (χ2n) is 4.00. The summed E-state index contributed by atoms with van der Waals surface area (Å²) in [6, 6.07) is 6.43. The molecule has 1 fully saturated rings. The van der Waals surface area contributed by atoms with Gasteiger partial charge in [-0.2, -0.15) is 0 Å². The SMILES string of the molecule is Cl.NCC(=O)N1CCCC1c1cccc(F)c1. The first-order valence-electron chi connectivity index (χ1n) is 5.47. The number of benzene rings is 1. The second kappa shape index (κ2) is 5.98. The molecule has 1 atom stereocenters. The molecular formula is C12H16ClFN2O. The third kappa shape index (κ3) is 2.96. The molecule has 0 bridgehead atoms. The van der Waals surface area contributed by atoms with E-state index >= 15 is 0 Å². The van der Waals surface area contributed by atoms with E-state index in [0.29, 0.717) is 0 Å². The maximum absolute atomic E-state index is 13.1. The quantitative estimate of drug-likeness (QED) is 0.880. The van der Waals surface area contributed by atoms with Gasteiger partial charge >= 0.3 is 0 Å². The molecule has 0 saturated carbocycles. The Morgan fingerprint density at radius 2 is 2.29 bits per heavy atom. The zero-order valence-corrected chi connectivity index (χ0v) is 10.3. The third-order valence-electron chi connectivity index (χ3n) is 2.98. The van der Waals surface area contributed by atoms with Gasteiger partial charge in [0, 0.05) is 6.54 Å². The van der Waals surface area contributed by atoms with Gasteiger partial charge < -0.3 is 10.6 Å². The number of hydrogen-bond acceptors (Lipinski definition) is 2. The molecule has 3 nitrogen and oxygen atoms in total. The zero-order valence-electron chi connectivity index (χ0n) is 9.43. The van der Waals surface area contributed by atoms with E-state index in [0.717, 1.165) is 24.9 Å². The number of nitrogens with two attached hydrogens (primary N) is 1. The third-order valence-corrected chi connectivity index (χ3v) is 2.98. The van der Waals surface area contributed by atoms with Crippen LogP contribution in [0.2, 0.25) is 0 Å². The van der Waals surface area contributed by atoms with E-state index in [-0.39, 0.29) is 36.7 Å². The predicted octanol–water partition coefficient (Wildman–Crippen LogP) is 1.87. The minimum absolute atomic E-state index is 0. The Bertz CT molecular complexity index is 400. The highest BCUT2D eigenvalue weighted by molar-refractivity contribution is 5.85. The van der Waals surface area contributed by atoms with Gasteiger partial charge in [-0.3, -0.25) is 4.79 Å². The number of rotatable bonds is 2. The molecule has 94 valence electrons. The van der Waals surface area contributed by atoms with E-state index in [1.165, 1.54) is 12.1 Å². The Morgan fingerprint density at radius 1 is 1.53 bits per heavy atom. The first-order chi connectivity index (χ1) is 7.72. The summed E-state index contributed by atoms with van der Waals surface area (Å²) in [4.78, 5) is 13.3. The highest BCUT2D eigenvalue weighted by Gasteiger charge is 2.29. The predicted molar refractivity (Wildman–Crippen MR) is 66.4 cm³/mol. The van der Waals surface area contributed by atoms with Crippen molar-refractivity contribution in [1.29, 1.82) is 0 Å². The van der Waals surface area contributed by atoms with Crippen molar-refractivity contribution in [1.82, 2.24) is 4.90 Å². The number of hydrogen-bond donors (Lipinski definition) is 1. The summed E-state index contributed by atoms with van der Waals surface area (Å²) in [6.07, 6.45) is 1.84. The molecule has 1 saturated heterocycles. The molecule has 1 heterocycles. The van der Waals surface area contributed by atoms with Crippen LogP contribution in [0.25, 0.3) is 0 Å². The Labute approximate surface area is 106 Å². The molecule has 17 heavy (non-hydrogen) atoms. The van der Waals surface area contributed by atoms with E-state index in [2.05, 4.69) is 0 Å². The van der Waals surface area contributed by atoms with Crippen LogP contribution < -0.4 is 5.73 Å². The fraction of sp³-hybridized carbons (Fsp3) is 0.417. The minimum Gasteiger partial charge on any atom is -0.335 e. The van der Waals surface area contributed by atoms with E-state index in [1.54, 1.807) is 11.0 Å². The molecule has 0 radical (unpaired) electrons. The lowest BCUT2D eigenvalue weighted by atomic mass is 10.0. The van der Waals surface area contributed by atoms with Crippen LogP contribution >= 0.6 is 12.4 Å². The fourth-order valence-electron chi connectivity index (χ4n) is 2.24. The smallest absolute Gasteiger partial charge is 0.236 e. The van der Waals surface area contributed by atoms with E-state index < -0.39 is 0 Å². The Kier molecular flexibility index (Phi) is 4.90. The van der Waals surface area contributed by atoms with Crippen molar-refractivity contribution in [3.63, 3.8) is 0 Å². The first-order valence-corrected chi connectivity index (χ1v) is 5.47. The molecule has 1 aromatic rings. The van der Waals surface area contributed by atoms with Gasteiger partial charge in [0.15, 0.2) is 0 Å². The number of amides is 1. The Morgan fingerprint density at radius 3 is 2.94 bits per heavy atom. The Hall–Kier alpha value is -1.13. The van der Waals surface area contributed by atoms with E-state index in [1.807, 2.05) is 6.07 Å². The summed E-state index contributed by atoms with van der Waals surface area (Å²) in [5, 5.41) is 0. The van der Waals surface area contributed by atoms with Crippen LogP contribution in [0.3, 0.4) is 0 Å². The van der Waals surface area contributed by atoms with Gasteiger partial charge in [-0.15, -0.1) is 12.4 Å². The van der Waals surface area contributed by atoms with Gasteiger partial charge in [-0.1, -0.05) is 12.1 Å². The van der Waals surface area contributed by atoms with Crippen molar-refractivity contribution in [2.45, 2.75) is 18.9 Å². The van der Waals surface area contributed by atoms with Crippen LogP contribution in [0.1, 0.15) is 24.4 Å². The number of carbonyl (C=O) groups is 1. The van der Waals surface area contributed by atoms with Crippen LogP contribution in [0, 0.1) is 5.82 Å². The van der Waals surface area contributed by atoms with Gasteiger partial charge in [-0.05, 0) is 30.5 Å². The van der Waals surface area contributed by atoms with Crippen LogP contribution in [0.5, 0.6) is 0 Å². The number of halogens is 2. The summed E-state index contributed by atoms with van der Waals surface area (Å²) in [7, 11) is 0. The molecule has 1 aromatic carbocycles. The van der Waals surface area contributed by atoms with Crippen molar-refractivity contribution in [3.8, 4) is 0 Å². The van der Waals surface area contributed by atoms with E-state index in [4.69, 9.17) is 5.73 Å². The molecular weight excluding hydrogens is 243 g/mol. The van der Waals surface area contributed by atoms with Gasteiger partial charge in [0.2, 0.25) is 5.91 Å². The van der Waals surface area contributed by atoms with Crippen molar-refractivity contribution < 1.29 is 9.18 Å². The van der Waals surface area contributed by atoms with Crippen molar-refractivity contribution in [2.75, 3.05) is 13.1 Å². The van der Waals surface area contributed by atoms with Crippen LogP contribution in [0.15, 0.2) is 24.3 Å². The highest BCUT2D eigenvalue weighted by Crippen LogP contribution is 2.31. The molecule has 1 unspecified atom stereocenters. The lowest BCUT2D eigenvalue weighted by molar-refractivity contribution is -0.130. The van der Waals surface area contributed by atoms with Gasteiger partial charge in [-0.25, -0.2) is 4.39 Å². The van der Waals surface area contributed by atoms with Crippen molar-refractivity contribution >= 4 is 18.3 Å². The molecule has 0 aromatic heterocycles. The summed E-state index contributed by atoms with van der Waals surface area (Å²) < 4.78 is 13.1. The topological polar surface area (TPSA) is 46.3 Å². The van der Waals surface area contributed by atoms with E-state index in [9.17, 15) is 9.18 Å². The van der Waals surface area contributed by atoms with Crippen molar-refractivity contribution in [3.05, 3.63) is 35.6 Å². The maximum Gasteiger partial charge on any atom is 0.236 e. The van der Waals surface area contributed by atoms with Crippen LogP contribution in [-0.2, 0) is 4.79 Å². The molecule has 1 aliphatic heterocycles. The summed E-state index contributed by atoms with van der Waals surface area (Å²) >= 11 is 0. The number of likely N-dealkylation sites (tertiary alicyclic amines) is 1. The zero-order chi connectivity index (χ0) is 11.5. The number of carbonyl (C=O) groups excluding carboxylic acids is 1. The summed E-state index contributed by atoms with van der Waals surface area (Å²) in [5.74, 6) is -0.323. The summed E-state index contributed by atoms with van der Waals surface area (Å²) in [5.41, 5.74) is 6.22. The lowest BCUT2D eigenvalue weighted by Gasteiger charge is -2.24. The monoisotopic (exact) mass is 258 g/mol. The Balaban J connectivity index is 0.00000144. The van der Waals surface area contributed by atoms with Gasteiger partial charge in [0.05, 0.1) is 12.6 Å². The lowest BCUT2D eigenvalue weighted by Crippen LogP contribution is -2.35. The van der Waals surface area contributed by atoms with Crippen LogP contribution in [-0.4, -0.2) is 23.9 Å². The molecule has 1 aliphatic rings. The molecule has 2 N–H and O–H groups in total. The molecule has 5 heteroatoms. The van der Waals surface area contributed by atoms with Gasteiger partial charge in [0.1, 0.15) is 5.82 Å². The maximum atomic E-state index is 13.1. The second-order valence-corrected chi connectivity index (χ2v) is 4.00. The first kappa shape index (κ1) is 13.9. The minimum atomic E-state index is -0.260. The fourth-order valence-corrected chi connectivity index (χ4v) is 2.24. The molecule has 2 rings (SSSR count). The number of nitrogens with zero attached hydrogens (tertiary/aromatic N) is 1. The van der Waals surface area contributed by atoms with Crippen LogP contribution in [0.4, 0.5) is 4.39 Å². The molecule has 0 aliphatic carbocycles. The summed E-state index contributed by atoms with van der Waals surface area (Å²) in [6.45, 7) is 0.739. The van der Waals surface area contributed by atoms with Gasteiger partial charge in [0.25, 0.3) is 0 Å².